The number of thioether (sulfide) groups is 1. The Labute approximate surface area is 110 Å². The molecule has 0 amide bonds. The Morgan fingerprint density at radius 2 is 2.11 bits per heavy atom. The van der Waals surface area contributed by atoms with Gasteiger partial charge < -0.3 is 9.52 Å². The highest BCUT2D eigenvalue weighted by molar-refractivity contribution is 7.98. The number of aryl methyl sites for hydroxylation is 2. The van der Waals surface area contributed by atoms with Crippen molar-refractivity contribution in [2.45, 2.75) is 24.5 Å². The van der Waals surface area contributed by atoms with E-state index in [1.54, 1.807) is 24.8 Å². The Morgan fingerprint density at radius 3 is 2.72 bits per heavy atom. The van der Waals surface area contributed by atoms with E-state index in [-0.39, 0.29) is 5.76 Å². The van der Waals surface area contributed by atoms with E-state index in [2.05, 4.69) is 19.1 Å². The Bertz CT molecular complexity index is 572. The van der Waals surface area contributed by atoms with Gasteiger partial charge in [0.1, 0.15) is 5.76 Å². The molecule has 0 unspecified atom stereocenters. The highest BCUT2D eigenvalue weighted by Crippen LogP contribution is 2.26. The van der Waals surface area contributed by atoms with Crippen molar-refractivity contribution >= 4 is 17.7 Å². The van der Waals surface area contributed by atoms with Crippen molar-refractivity contribution in [2.24, 2.45) is 0 Å². The molecule has 1 heterocycles. The third-order valence-electron chi connectivity index (χ3n) is 2.62. The number of hydrogen-bond acceptors (Lipinski definition) is 3. The highest BCUT2D eigenvalue weighted by atomic mass is 32.2. The first kappa shape index (κ1) is 12.8. The van der Waals surface area contributed by atoms with Gasteiger partial charge in [-0.15, -0.1) is 11.8 Å². The summed E-state index contributed by atoms with van der Waals surface area (Å²) in [5, 5.41) is 8.84. The summed E-state index contributed by atoms with van der Waals surface area (Å²) < 4.78 is 5.18. The van der Waals surface area contributed by atoms with Crippen LogP contribution in [0.4, 0.5) is 0 Å². The molecule has 1 aromatic carbocycles. The van der Waals surface area contributed by atoms with E-state index < -0.39 is 5.97 Å². The van der Waals surface area contributed by atoms with Crippen molar-refractivity contribution in [2.75, 3.05) is 0 Å². The van der Waals surface area contributed by atoms with Crippen LogP contribution in [0.25, 0.3) is 0 Å². The van der Waals surface area contributed by atoms with Crippen LogP contribution in [0.5, 0.6) is 0 Å². The zero-order valence-electron chi connectivity index (χ0n) is 10.3. The first-order valence-electron chi connectivity index (χ1n) is 5.58. The van der Waals surface area contributed by atoms with E-state index in [4.69, 9.17) is 9.52 Å². The normalized spacial score (nSPS) is 10.6. The summed E-state index contributed by atoms with van der Waals surface area (Å²) >= 11 is 1.67. The molecule has 94 valence electrons. The summed E-state index contributed by atoms with van der Waals surface area (Å²) in [6.45, 7) is 3.84. The van der Waals surface area contributed by atoms with Crippen LogP contribution in [0.1, 0.15) is 27.4 Å². The number of aromatic carboxylic acids is 1. The zero-order valence-corrected chi connectivity index (χ0v) is 11.1. The van der Waals surface area contributed by atoms with Gasteiger partial charge in [0.05, 0.1) is 0 Å². The first-order chi connectivity index (χ1) is 8.56. The molecule has 3 nitrogen and oxygen atoms in total. The summed E-state index contributed by atoms with van der Waals surface area (Å²) in [5.74, 6) is 0.372. The number of rotatable bonds is 4. The smallest absolute Gasteiger partial charge is 0.371 e. The standard InChI is InChI=1S/C14H14O3S/c1-9-4-3-5-12(6-9)18-8-11-7-13(14(15)16)17-10(11)2/h3-7H,8H2,1-2H3,(H,15,16). The summed E-state index contributed by atoms with van der Waals surface area (Å²) in [7, 11) is 0. The fraction of sp³-hybridized carbons (Fsp3) is 0.214. The lowest BCUT2D eigenvalue weighted by Crippen LogP contribution is -1.91. The quantitative estimate of drug-likeness (QED) is 0.849. The molecular weight excluding hydrogens is 248 g/mol. The number of carbonyl (C=O) groups is 1. The Kier molecular flexibility index (Phi) is 3.77. The van der Waals surface area contributed by atoms with Gasteiger partial charge in [-0.25, -0.2) is 4.79 Å². The number of carboxylic acids is 1. The zero-order chi connectivity index (χ0) is 13.1. The van der Waals surface area contributed by atoms with Crippen molar-refractivity contribution in [1.82, 2.24) is 0 Å². The van der Waals surface area contributed by atoms with E-state index in [9.17, 15) is 4.79 Å². The topological polar surface area (TPSA) is 50.4 Å². The first-order valence-corrected chi connectivity index (χ1v) is 6.57. The average molecular weight is 262 g/mol. The molecule has 1 aromatic heterocycles. The molecule has 0 aliphatic heterocycles. The second kappa shape index (κ2) is 5.31. The summed E-state index contributed by atoms with van der Waals surface area (Å²) in [4.78, 5) is 12.0. The lowest BCUT2D eigenvalue weighted by molar-refractivity contribution is 0.0661. The second-order valence-electron chi connectivity index (χ2n) is 4.10. The van der Waals surface area contributed by atoms with Gasteiger partial charge in [-0.3, -0.25) is 0 Å². The molecule has 2 rings (SSSR count). The SMILES string of the molecule is Cc1cccc(SCc2cc(C(=O)O)oc2C)c1. The van der Waals surface area contributed by atoms with Gasteiger partial charge in [-0.2, -0.15) is 0 Å². The van der Waals surface area contributed by atoms with E-state index in [0.717, 1.165) is 5.56 Å². The maximum atomic E-state index is 10.8. The minimum atomic E-state index is -1.02. The molecule has 1 N–H and O–H groups in total. The minimum absolute atomic E-state index is 0.00680. The summed E-state index contributed by atoms with van der Waals surface area (Å²) in [6.07, 6.45) is 0. The van der Waals surface area contributed by atoms with Crippen molar-refractivity contribution in [1.29, 1.82) is 0 Å². The van der Waals surface area contributed by atoms with Gasteiger partial charge in [-0.05, 0) is 32.0 Å². The van der Waals surface area contributed by atoms with E-state index in [0.29, 0.717) is 11.5 Å². The maximum Gasteiger partial charge on any atom is 0.371 e. The Balaban J connectivity index is 2.08. The molecule has 0 bridgehead atoms. The summed E-state index contributed by atoms with van der Waals surface area (Å²) in [5.41, 5.74) is 2.15. The summed E-state index contributed by atoms with van der Waals surface area (Å²) in [6, 6.07) is 9.82. The predicted octanol–water partition coefficient (Wildman–Crippen LogP) is 3.89. The van der Waals surface area contributed by atoms with Crippen LogP contribution in [0.15, 0.2) is 39.6 Å². The second-order valence-corrected chi connectivity index (χ2v) is 5.15. The fourth-order valence-electron chi connectivity index (χ4n) is 1.63. The Hall–Kier alpha value is -1.68. The van der Waals surface area contributed by atoms with Crippen molar-refractivity contribution in [3.63, 3.8) is 0 Å². The molecule has 0 radical (unpaired) electrons. The van der Waals surface area contributed by atoms with Gasteiger partial charge in [0.2, 0.25) is 5.76 Å². The Morgan fingerprint density at radius 1 is 1.33 bits per heavy atom. The predicted molar refractivity (Wildman–Crippen MR) is 71.1 cm³/mol. The number of benzene rings is 1. The van der Waals surface area contributed by atoms with E-state index in [1.807, 2.05) is 12.1 Å². The van der Waals surface area contributed by atoms with Gasteiger partial charge in [0.25, 0.3) is 0 Å². The minimum Gasteiger partial charge on any atom is -0.475 e. The largest absolute Gasteiger partial charge is 0.475 e. The molecule has 2 aromatic rings. The maximum absolute atomic E-state index is 10.8. The third-order valence-corrected chi connectivity index (χ3v) is 3.66. The molecule has 0 spiro atoms. The van der Waals surface area contributed by atoms with Gasteiger partial charge in [0.15, 0.2) is 0 Å². The molecule has 18 heavy (non-hydrogen) atoms. The van der Waals surface area contributed by atoms with Crippen molar-refractivity contribution < 1.29 is 14.3 Å². The lowest BCUT2D eigenvalue weighted by atomic mass is 10.2. The number of carboxylic acid groups (broad SMARTS) is 1. The molecule has 0 fully saturated rings. The number of hydrogen-bond donors (Lipinski definition) is 1. The monoisotopic (exact) mass is 262 g/mol. The van der Waals surface area contributed by atoms with Crippen LogP contribution in [0.3, 0.4) is 0 Å². The van der Waals surface area contributed by atoms with Crippen LogP contribution < -0.4 is 0 Å². The lowest BCUT2D eigenvalue weighted by Gasteiger charge is -2.01. The highest BCUT2D eigenvalue weighted by Gasteiger charge is 2.13. The molecule has 0 aliphatic rings. The van der Waals surface area contributed by atoms with Crippen molar-refractivity contribution in [3.05, 3.63) is 53.0 Å². The fourth-order valence-corrected chi connectivity index (χ4v) is 2.69. The third kappa shape index (κ3) is 2.96. The van der Waals surface area contributed by atoms with Crippen LogP contribution in [0, 0.1) is 13.8 Å². The van der Waals surface area contributed by atoms with Gasteiger partial charge in [0, 0.05) is 16.2 Å². The van der Waals surface area contributed by atoms with Gasteiger partial charge in [-0.1, -0.05) is 17.7 Å². The molecular formula is C14H14O3S. The van der Waals surface area contributed by atoms with Crippen LogP contribution in [0.2, 0.25) is 0 Å². The molecule has 0 aliphatic carbocycles. The van der Waals surface area contributed by atoms with E-state index in [1.165, 1.54) is 10.5 Å². The van der Waals surface area contributed by atoms with Crippen LogP contribution >= 0.6 is 11.8 Å². The van der Waals surface area contributed by atoms with Crippen molar-refractivity contribution in [3.8, 4) is 0 Å². The molecule has 4 heteroatoms. The average Bonchev–Trinajstić information content (AvgIpc) is 2.68. The van der Waals surface area contributed by atoms with Gasteiger partial charge >= 0.3 is 5.97 Å². The number of furan rings is 1. The van der Waals surface area contributed by atoms with Crippen LogP contribution in [-0.4, -0.2) is 11.1 Å². The van der Waals surface area contributed by atoms with Crippen LogP contribution in [-0.2, 0) is 5.75 Å². The molecule has 0 saturated carbocycles. The molecule has 0 saturated heterocycles. The van der Waals surface area contributed by atoms with E-state index >= 15 is 0 Å². The molecule has 0 atom stereocenters.